The first-order valence-electron chi connectivity index (χ1n) is 8.80. The lowest BCUT2D eigenvalue weighted by Crippen LogP contribution is -2.39. The van der Waals surface area contributed by atoms with Crippen LogP contribution in [0.2, 0.25) is 0 Å². The molecule has 0 N–H and O–H groups in total. The fraction of sp³-hybridized carbons (Fsp3) is 0.500. The molecule has 2 aromatic rings. The van der Waals surface area contributed by atoms with Gasteiger partial charge < -0.3 is 4.90 Å². The average molecular weight is 361 g/mol. The quantitative estimate of drug-likeness (QED) is 0.838. The van der Waals surface area contributed by atoms with Gasteiger partial charge in [0.2, 0.25) is 0 Å². The molecule has 1 amide bonds. The molecule has 2 atom stereocenters. The van der Waals surface area contributed by atoms with Gasteiger partial charge in [-0.1, -0.05) is 6.07 Å². The van der Waals surface area contributed by atoms with Gasteiger partial charge in [0, 0.05) is 57.4 Å². The molecule has 0 bridgehead atoms. The van der Waals surface area contributed by atoms with E-state index in [4.69, 9.17) is 0 Å². The number of nitrogens with zero attached hydrogens (tertiary/aromatic N) is 5. The number of halogens is 2. The number of hydrogen-bond acceptors (Lipinski definition) is 4. The largest absolute Gasteiger partial charge is 0.334 e. The highest BCUT2D eigenvalue weighted by Crippen LogP contribution is 2.34. The normalized spacial score (nSPS) is 23.0. The maximum Gasteiger partial charge on any atom is 0.282 e. The predicted molar refractivity (Wildman–Crippen MR) is 90.7 cm³/mol. The first-order valence-corrected chi connectivity index (χ1v) is 8.80. The number of aromatic nitrogens is 3. The van der Waals surface area contributed by atoms with Gasteiger partial charge in [-0.3, -0.25) is 19.4 Å². The monoisotopic (exact) mass is 361 g/mol. The number of aryl methyl sites for hydroxylation is 1. The Kier molecular flexibility index (Phi) is 4.44. The zero-order valence-electron chi connectivity index (χ0n) is 14.6. The lowest BCUT2D eigenvalue weighted by Gasteiger charge is -2.25. The zero-order valence-corrected chi connectivity index (χ0v) is 14.6. The fourth-order valence-electron chi connectivity index (χ4n) is 4.24. The Morgan fingerprint density at radius 3 is 2.85 bits per heavy atom. The number of carbonyl (C=O) groups is 1. The number of alkyl halides is 2. The van der Waals surface area contributed by atoms with Crippen molar-refractivity contribution in [1.82, 2.24) is 24.6 Å². The fourth-order valence-corrected chi connectivity index (χ4v) is 4.24. The van der Waals surface area contributed by atoms with E-state index in [0.29, 0.717) is 6.54 Å². The van der Waals surface area contributed by atoms with Gasteiger partial charge in [0.15, 0.2) is 0 Å². The number of hydrogen-bond donors (Lipinski definition) is 0. The lowest BCUT2D eigenvalue weighted by atomic mass is 10.1. The minimum absolute atomic E-state index is 0.0221. The molecule has 2 aliphatic heterocycles. The van der Waals surface area contributed by atoms with Crippen molar-refractivity contribution in [3.63, 3.8) is 0 Å². The SMILES string of the molecule is Cn1cc(C(=O)N2CC[C@H]3[C@H]2CCN3Cc2cccnc2)c(C(F)F)n1. The standard InChI is InChI=1S/C18H21F2N5O/c1-23-11-13(16(22-23)17(19)20)18(26)25-8-5-14-15(25)4-7-24(14)10-12-3-2-6-21-9-12/h2-3,6,9,11,14-15,17H,4-5,7-8,10H2,1H3/t14-,15+/m0/s1. The number of pyridine rings is 1. The van der Waals surface area contributed by atoms with Crippen LogP contribution in [0.4, 0.5) is 8.78 Å². The molecule has 4 heterocycles. The molecule has 0 spiro atoms. The number of amides is 1. The second kappa shape index (κ2) is 6.75. The van der Waals surface area contributed by atoms with Crippen LogP contribution in [0.3, 0.4) is 0 Å². The smallest absolute Gasteiger partial charge is 0.282 e. The van der Waals surface area contributed by atoms with Crippen molar-refractivity contribution >= 4 is 5.91 Å². The van der Waals surface area contributed by atoms with Crippen molar-refractivity contribution in [2.24, 2.45) is 7.05 Å². The van der Waals surface area contributed by atoms with Gasteiger partial charge in [0.1, 0.15) is 5.69 Å². The molecule has 0 radical (unpaired) electrons. The van der Waals surface area contributed by atoms with Crippen molar-refractivity contribution in [3.8, 4) is 0 Å². The second-order valence-corrected chi connectivity index (χ2v) is 6.94. The highest BCUT2D eigenvalue weighted by atomic mass is 19.3. The highest BCUT2D eigenvalue weighted by Gasteiger charge is 2.45. The summed E-state index contributed by atoms with van der Waals surface area (Å²) < 4.78 is 27.7. The van der Waals surface area contributed by atoms with Crippen LogP contribution < -0.4 is 0 Å². The molecule has 2 aliphatic rings. The van der Waals surface area contributed by atoms with E-state index in [0.717, 1.165) is 31.5 Å². The third-order valence-electron chi connectivity index (χ3n) is 5.36. The Morgan fingerprint density at radius 2 is 2.12 bits per heavy atom. The average Bonchev–Trinajstić information content (AvgIpc) is 3.31. The van der Waals surface area contributed by atoms with E-state index in [9.17, 15) is 13.6 Å². The van der Waals surface area contributed by atoms with Crippen LogP contribution in [0.25, 0.3) is 0 Å². The van der Waals surface area contributed by atoms with E-state index in [1.54, 1.807) is 18.1 Å². The Hall–Kier alpha value is -2.35. The van der Waals surface area contributed by atoms with Gasteiger partial charge in [-0.05, 0) is 24.5 Å². The molecule has 0 aromatic carbocycles. The maximum atomic E-state index is 13.2. The first-order chi connectivity index (χ1) is 12.5. The van der Waals surface area contributed by atoms with Crippen LogP contribution in [0.5, 0.6) is 0 Å². The topological polar surface area (TPSA) is 54.3 Å². The number of rotatable bonds is 4. The molecule has 138 valence electrons. The Morgan fingerprint density at radius 1 is 1.31 bits per heavy atom. The number of carbonyl (C=O) groups excluding carboxylic acids is 1. The predicted octanol–water partition coefficient (Wildman–Crippen LogP) is 2.24. The van der Waals surface area contributed by atoms with E-state index >= 15 is 0 Å². The lowest BCUT2D eigenvalue weighted by molar-refractivity contribution is 0.0719. The molecular weight excluding hydrogens is 340 g/mol. The van der Waals surface area contributed by atoms with Gasteiger partial charge in [-0.2, -0.15) is 5.10 Å². The van der Waals surface area contributed by atoms with Gasteiger partial charge >= 0.3 is 0 Å². The third-order valence-corrected chi connectivity index (χ3v) is 5.36. The molecule has 2 saturated heterocycles. The van der Waals surface area contributed by atoms with Crippen LogP contribution >= 0.6 is 0 Å². The summed E-state index contributed by atoms with van der Waals surface area (Å²) in [6.07, 6.45) is 3.98. The van der Waals surface area contributed by atoms with E-state index < -0.39 is 12.1 Å². The van der Waals surface area contributed by atoms with Gasteiger partial charge in [0.25, 0.3) is 12.3 Å². The summed E-state index contributed by atoms with van der Waals surface area (Å²) in [5.74, 6) is -0.330. The van der Waals surface area contributed by atoms with Crippen molar-refractivity contribution in [2.45, 2.75) is 37.9 Å². The zero-order chi connectivity index (χ0) is 18.3. The second-order valence-electron chi connectivity index (χ2n) is 6.94. The van der Waals surface area contributed by atoms with Crippen molar-refractivity contribution < 1.29 is 13.6 Å². The summed E-state index contributed by atoms with van der Waals surface area (Å²) in [4.78, 5) is 21.2. The minimum atomic E-state index is -2.75. The molecule has 2 aromatic heterocycles. The summed E-state index contributed by atoms with van der Waals surface area (Å²) >= 11 is 0. The minimum Gasteiger partial charge on any atom is -0.334 e. The molecular formula is C18H21F2N5O. The van der Waals surface area contributed by atoms with Gasteiger partial charge in [0.05, 0.1) is 5.56 Å². The molecule has 0 unspecified atom stereocenters. The molecule has 26 heavy (non-hydrogen) atoms. The number of likely N-dealkylation sites (tertiary alicyclic amines) is 2. The third kappa shape index (κ3) is 2.98. The van der Waals surface area contributed by atoms with Crippen molar-refractivity contribution in [1.29, 1.82) is 0 Å². The summed E-state index contributed by atoms with van der Waals surface area (Å²) in [6.45, 7) is 2.28. The Bertz CT molecular complexity index is 794. The van der Waals surface area contributed by atoms with Gasteiger partial charge in [-0.25, -0.2) is 8.78 Å². The van der Waals surface area contributed by atoms with Crippen LogP contribution in [-0.4, -0.2) is 55.6 Å². The molecule has 6 nitrogen and oxygen atoms in total. The molecule has 0 aliphatic carbocycles. The molecule has 2 fully saturated rings. The Balaban J connectivity index is 1.50. The molecule has 8 heteroatoms. The van der Waals surface area contributed by atoms with E-state index in [1.165, 1.54) is 10.9 Å². The molecule has 4 rings (SSSR count). The highest BCUT2D eigenvalue weighted by molar-refractivity contribution is 5.95. The van der Waals surface area contributed by atoms with Crippen LogP contribution in [0.15, 0.2) is 30.7 Å². The maximum absolute atomic E-state index is 13.2. The van der Waals surface area contributed by atoms with E-state index in [-0.39, 0.29) is 23.6 Å². The molecule has 0 saturated carbocycles. The van der Waals surface area contributed by atoms with Crippen molar-refractivity contribution in [2.75, 3.05) is 13.1 Å². The summed E-state index contributed by atoms with van der Waals surface area (Å²) in [5.41, 5.74) is 0.741. The van der Waals surface area contributed by atoms with E-state index in [1.807, 2.05) is 18.3 Å². The van der Waals surface area contributed by atoms with Crippen molar-refractivity contribution in [3.05, 3.63) is 47.5 Å². The summed E-state index contributed by atoms with van der Waals surface area (Å²) in [7, 11) is 1.56. The van der Waals surface area contributed by atoms with E-state index in [2.05, 4.69) is 15.0 Å². The van der Waals surface area contributed by atoms with Gasteiger partial charge in [-0.15, -0.1) is 0 Å². The van der Waals surface area contributed by atoms with Crippen LogP contribution in [0.1, 0.15) is 40.9 Å². The number of fused-ring (bicyclic) bond motifs is 1. The first kappa shape index (κ1) is 17.1. The summed E-state index contributed by atoms with van der Waals surface area (Å²) in [5, 5.41) is 3.76. The summed E-state index contributed by atoms with van der Waals surface area (Å²) in [6, 6.07) is 4.31. The van der Waals surface area contributed by atoms with Crippen LogP contribution in [-0.2, 0) is 13.6 Å². The van der Waals surface area contributed by atoms with Crippen LogP contribution in [0, 0.1) is 0 Å². The Labute approximate surface area is 150 Å².